The van der Waals surface area contributed by atoms with Crippen LogP contribution in [0, 0.1) is 0 Å². The molecule has 1 saturated heterocycles. The van der Waals surface area contributed by atoms with E-state index in [-0.39, 0.29) is 30.8 Å². The average Bonchev–Trinajstić information content (AvgIpc) is 2.68. The fourth-order valence-electron chi connectivity index (χ4n) is 3.01. The van der Waals surface area contributed by atoms with Gasteiger partial charge in [-0.2, -0.15) is 0 Å². The monoisotopic (exact) mass is 366 g/mol. The maximum atomic E-state index is 12.6. The van der Waals surface area contributed by atoms with E-state index in [1.807, 2.05) is 37.3 Å². The molecule has 0 spiro atoms. The highest BCUT2D eigenvalue weighted by atomic mass is 16.5. The number of imide groups is 1. The molecule has 0 unspecified atom stereocenters. The van der Waals surface area contributed by atoms with Crippen LogP contribution in [0.3, 0.4) is 0 Å². The number of amides is 3. The van der Waals surface area contributed by atoms with Crippen LogP contribution in [0.2, 0.25) is 0 Å². The topological polar surface area (TPSA) is 66.9 Å². The van der Waals surface area contributed by atoms with Gasteiger partial charge in [0.1, 0.15) is 18.8 Å². The molecule has 6 nitrogen and oxygen atoms in total. The van der Waals surface area contributed by atoms with Crippen molar-refractivity contribution in [3.05, 3.63) is 65.7 Å². The molecule has 0 saturated carbocycles. The molecule has 1 heterocycles. The predicted molar refractivity (Wildman–Crippen MR) is 100 cm³/mol. The molecule has 2 aromatic carbocycles. The zero-order chi connectivity index (χ0) is 19.2. The Morgan fingerprint density at radius 2 is 1.59 bits per heavy atom. The molecule has 3 amide bonds. The molecule has 0 bridgehead atoms. The lowest BCUT2D eigenvalue weighted by atomic mass is 10.1. The van der Waals surface area contributed by atoms with E-state index in [0.717, 1.165) is 5.56 Å². The van der Waals surface area contributed by atoms with E-state index in [2.05, 4.69) is 0 Å². The fraction of sp³-hybridized carbons (Fsp3) is 0.286. The maximum absolute atomic E-state index is 12.6. The van der Waals surface area contributed by atoms with E-state index in [0.29, 0.717) is 30.9 Å². The number of rotatable bonds is 6. The SMILES string of the molecule is CCOc1ccc(C(=O)N2CC(=O)N(CCc3ccccc3)C(=O)C2)cc1. The van der Waals surface area contributed by atoms with Crippen LogP contribution in [0.5, 0.6) is 5.75 Å². The van der Waals surface area contributed by atoms with E-state index < -0.39 is 0 Å². The maximum Gasteiger partial charge on any atom is 0.254 e. The smallest absolute Gasteiger partial charge is 0.254 e. The van der Waals surface area contributed by atoms with Crippen LogP contribution in [0.15, 0.2) is 54.6 Å². The van der Waals surface area contributed by atoms with Crippen molar-refractivity contribution in [2.45, 2.75) is 13.3 Å². The molecule has 6 heteroatoms. The molecule has 3 rings (SSSR count). The lowest BCUT2D eigenvalue weighted by Gasteiger charge is -2.32. The third-order valence-electron chi connectivity index (χ3n) is 4.42. The van der Waals surface area contributed by atoms with Crippen LogP contribution in [0.25, 0.3) is 0 Å². The van der Waals surface area contributed by atoms with Gasteiger partial charge >= 0.3 is 0 Å². The van der Waals surface area contributed by atoms with Gasteiger partial charge in [0.05, 0.1) is 6.61 Å². The summed E-state index contributed by atoms with van der Waals surface area (Å²) in [6.45, 7) is 2.57. The van der Waals surface area contributed by atoms with Crippen molar-refractivity contribution >= 4 is 17.7 Å². The number of carbonyl (C=O) groups excluding carboxylic acids is 3. The summed E-state index contributed by atoms with van der Waals surface area (Å²) in [5, 5.41) is 0. The first-order chi connectivity index (χ1) is 13.1. The summed E-state index contributed by atoms with van der Waals surface area (Å²) in [5.41, 5.74) is 1.49. The van der Waals surface area contributed by atoms with E-state index in [4.69, 9.17) is 4.74 Å². The predicted octanol–water partition coefficient (Wildman–Crippen LogP) is 2.14. The summed E-state index contributed by atoms with van der Waals surface area (Å²) in [6, 6.07) is 16.4. The molecular formula is C21H22N2O4. The standard InChI is InChI=1S/C21H22N2O4/c1-2-27-18-10-8-17(9-11-18)21(26)22-14-19(24)23(20(25)15-22)13-12-16-6-4-3-5-7-16/h3-11H,2,12-15H2,1H3. The van der Waals surface area contributed by atoms with Crippen molar-refractivity contribution in [1.29, 1.82) is 0 Å². The summed E-state index contributed by atoms with van der Waals surface area (Å²) in [5.74, 6) is -0.350. The minimum absolute atomic E-state index is 0.0907. The molecule has 0 radical (unpaired) electrons. The number of hydrogen-bond acceptors (Lipinski definition) is 4. The quantitative estimate of drug-likeness (QED) is 0.735. The van der Waals surface area contributed by atoms with Gasteiger partial charge in [-0.3, -0.25) is 19.3 Å². The number of hydrogen-bond donors (Lipinski definition) is 0. The lowest BCUT2D eigenvalue weighted by Crippen LogP contribution is -2.55. The molecule has 27 heavy (non-hydrogen) atoms. The number of nitrogens with zero attached hydrogens (tertiary/aromatic N) is 2. The largest absolute Gasteiger partial charge is 0.494 e. The summed E-state index contributed by atoms with van der Waals surface area (Å²) in [7, 11) is 0. The van der Waals surface area contributed by atoms with E-state index in [1.54, 1.807) is 24.3 Å². The number of ether oxygens (including phenoxy) is 1. The van der Waals surface area contributed by atoms with Gasteiger partial charge in [-0.25, -0.2) is 0 Å². The Morgan fingerprint density at radius 3 is 2.19 bits per heavy atom. The second-order valence-electron chi connectivity index (χ2n) is 6.29. The lowest BCUT2D eigenvalue weighted by molar-refractivity contribution is -0.150. The molecule has 0 aromatic heterocycles. The van der Waals surface area contributed by atoms with Crippen molar-refractivity contribution in [1.82, 2.24) is 9.80 Å². The van der Waals surface area contributed by atoms with Crippen LogP contribution in [0.4, 0.5) is 0 Å². The third-order valence-corrected chi connectivity index (χ3v) is 4.42. The molecule has 1 aliphatic rings. The molecular weight excluding hydrogens is 344 g/mol. The van der Waals surface area contributed by atoms with E-state index >= 15 is 0 Å². The van der Waals surface area contributed by atoms with Crippen molar-refractivity contribution in [3.63, 3.8) is 0 Å². The molecule has 0 N–H and O–H groups in total. The van der Waals surface area contributed by atoms with Crippen LogP contribution in [-0.4, -0.2) is 53.8 Å². The van der Waals surface area contributed by atoms with Gasteiger partial charge in [0.15, 0.2) is 0 Å². The Bertz CT molecular complexity index is 800. The Kier molecular flexibility index (Phi) is 5.86. The number of carbonyl (C=O) groups is 3. The Labute approximate surface area is 158 Å². The zero-order valence-corrected chi connectivity index (χ0v) is 15.3. The average molecular weight is 366 g/mol. The van der Waals surface area contributed by atoms with Gasteiger partial charge in [0.2, 0.25) is 11.8 Å². The van der Waals surface area contributed by atoms with Crippen molar-refractivity contribution in [2.75, 3.05) is 26.2 Å². The number of piperazine rings is 1. The molecule has 0 aliphatic carbocycles. The van der Waals surface area contributed by atoms with Crippen LogP contribution in [0.1, 0.15) is 22.8 Å². The molecule has 0 atom stereocenters. The van der Waals surface area contributed by atoms with Gasteiger partial charge in [-0.15, -0.1) is 0 Å². The van der Waals surface area contributed by atoms with Gasteiger partial charge in [-0.1, -0.05) is 30.3 Å². The Hall–Kier alpha value is -3.15. The van der Waals surface area contributed by atoms with Crippen molar-refractivity contribution in [2.24, 2.45) is 0 Å². The van der Waals surface area contributed by atoms with E-state index in [1.165, 1.54) is 9.80 Å². The summed E-state index contributed by atoms with van der Waals surface area (Å²) in [4.78, 5) is 39.9. The van der Waals surface area contributed by atoms with Gasteiger partial charge in [-0.05, 0) is 43.2 Å². The molecule has 2 aromatic rings. The van der Waals surface area contributed by atoms with Crippen molar-refractivity contribution < 1.29 is 19.1 Å². The highest BCUT2D eigenvalue weighted by Gasteiger charge is 2.33. The first-order valence-electron chi connectivity index (χ1n) is 8.97. The number of benzene rings is 2. The van der Waals surface area contributed by atoms with Crippen LogP contribution in [-0.2, 0) is 16.0 Å². The minimum atomic E-state index is -0.346. The van der Waals surface area contributed by atoms with E-state index in [9.17, 15) is 14.4 Å². The van der Waals surface area contributed by atoms with Crippen LogP contribution >= 0.6 is 0 Å². The summed E-state index contributed by atoms with van der Waals surface area (Å²) < 4.78 is 5.36. The first-order valence-corrected chi connectivity index (χ1v) is 8.97. The Balaban J connectivity index is 1.61. The Morgan fingerprint density at radius 1 is 0.963 bits per heavy atom. The normalized spacial score (nSPS) is 14.4. The zero-order valence-electron chi connectivity index (χ0n) is 15.3. The molecule has 1 aliphatic heterocycles. The van der Waals surface area contributed by atoms with Crippen LogP contribution < -0.4 is 4.74 Å². The van der Waals surface area contributed by atoms with Gasteiger partial charge in [0.25, 0.3) is 5.91 Å². The second-order valence-corrected chi connectivity index (χ2v) is 6.29. The second kappa shape index (κ2) is 8.49. The summed E-state index contributed by atoms with van der Waals surface area (Å²) >= 11 is 0. The highest BCUT2D eigenvalue weighted by Crippen LogP contribution is 2.16. The minimum Gasteiger partial charge on any atom is -0.494 e. The first kappa shape index (κ1) is 18.6. The van der Waals surface area contributed by atoms with Gasteiger partial charge in [0, 0.05) is 12.1 Å². The molecule has 1 fully saturated rings. The van der Waals surface area contributed by atoms with Crippen molar-refractivity contribution in [3.8, 4) is 5.75 Å². The fourth-order valence-corrected chi connectivity index (χ4v) is 3.01. The summed E-state index contributed by atoms with van der Waals surface area (Å²) in [6.07, 6.45) is 0.602. The molecule has 140 valence electrons. The highest BCUT2D eigenvalue weighted by molar-refractivity contribution is 6.05. The van der Waals surface area contributed by atoms with Gasteiger partial charge < -0.3 is 9.64 Å². The third kappa shape index (κ3) is 4.53.